The van der Waals surface area contributed by atoms with E-state index >= 15 is 0 Å². The number of anilines is 2. The molecule has 1 N–H and O–H groups in total. The van der Waals surface area contributed by atoms with Crippen molar-refractivity contribution in [3.8, 4) is 22.8 Å². The van der Waals surface area contributed by atoms with E-state index in [0.29, 0.717) is 79.0 Å². The summed E-state index contributed by atoms with van der Waals surface area (Å²) in [6, 6.07) is 4.79. The van der Waals surface area contributed by atoms with Crippen molar-refractivity contribution in [1.82, 2.24) is 34.8 Å². The van der Waals surface area contributed by atoms with E-state index in [0.717, 1.165) is 56.1 Å². The number of piperazine rings is 1. The van der Waals surface area contributed by atoms with Crippen LogP contribution in [-0.4, -0.2) is 107 Å². The van der Waals surface area contributed by atoms with E-state index in [1.54, 1.807) is 32.5 Å². The number of aromatic amines is 1. The number of carbonyl (C=O) groups excluding carboxylic acids is 1. The SMILES string of the molecule is CCOC(=O)CN1CCN(c2cnc(-c3nc4nc(-c5cc(C6CC6)nc(C(F)(F)F)c5)cc(N(C)CC5(COC)CCCCC5)c4[nH]3)cn2)[C@H](C)C1. The first-order valence-corrected chi connectivity index (χ1v) is 18.6. The standard InChI is InChI=1S/C38H48F3N9O3/c1-5-53-33(51)21-49-13-14-50(24(2)20-49)32-19-42-29(18-43-32)35-46-34-30(48(3)22-37(23-52-4)11-7-6-8-12-37)17-28(45-36(34)47-35)26-15-27(25-9-10-25)44-31(16-26)38(39,40)41/h15-19,24-25H,5-14,20-23H2,1-4H3,(H,45,46,47)/t24-/m1/s1. The van der Waals surface area contributed by atoms with Gasteiger partial charge in [0.15, 0.2) is 11.5 Å². The van der Waals surface area contributed by atoms with Gasteiger partial charge in [-0.15, -0.1) is 0 Å². The normalized spacial score (nSPS) is 19.5. The van der Waals surface area contributed by atoms with Gasteiger partial charge in [-0.2, -0.15) is 13.2 Å². The molecule has 284 valence electrons. The van der Waals surface area contributed by atoms with E-state index in [1.807, 2.05) is 13.1 Å². The van der Waals surface area contributed by atoms with Crippen LogP contribution >= 0.6 is 0 Å². The summed E-state index contributed by atoms with van der Waals surface area (Å²) in [4.78, 5) is 45.0. The molecule has 15 heteroatoms. The first kappa shape index (κ1) is 37.0. The Morgan fingerprint density at radius 2 is 1.83 bits per heavy atom. The van der Waals surface area contributed by atoms with Crippen LogP contribution in [0.5, 0.6) is 0 Å². The molecular weight excluding hydrogens is 687 g/mol. The number of pyridine rings is 2. The van der Waals surface area contributed by atoms with E-state index < -0.39 is 11.9 Å². The molecule has 0 aromatic carbocycles. The summed E-state index contributed by atoms with van der Waals surface area (Å²) in [6.45, 7) is 7.89. The van der Waals surface area contributed by atoms with Gasteiger partial charge in [-0.25, -0.2) is 24.9 Å². The monoisotopic (exact) mass is 735 g/mol. The molecule has 2 aliphatic carbocycles. The smallest absolute Gasteiger partial charge is 0.433 e. The molecule has 3 fully saturated rings. The largest absolute Gasteiger partial charge is 0.465 e. The molecule has 0 amide bonds. The van der Waals surface area contributed by atoms with Gasteiger partial charge in [0.1, 0.15) is 22.7 Å². The summed E-state index contributed by atoms with van der Waals surface area (Å²) in [7, 11) is 3.75. The maximum Gasteiger partial charge on any atom is 0.433 e. The molecule has 0 bridgehead atoms. The van der Waals surface area contributed by atoms with Crippen molar-refractivity contribution < 1.29 is 27.4 Å². The Hall–Kier alpha value is -4.37. The van der Waals surface area contributed by atoms with Crippen LogP contribution in [0.1, 0.15) is 76.1 Å². The van der Waals surface area contributed by atoms with Gasteiger partial charge in [0, 0.05) is 69.0 Å². The summed E-state index contributed by atoms with van der Waals surface area (Å²) in [6.07, 6.45) is 5.96. The van der Waals surface area contributed by atoms with Crippen molar-refractivity contribution in [2.75, 3.05) is 69.9 Å². The molecule has 0 unspecified atom stereocenters. The summed E-state index contributed by atoms with van der Waals surface area (Å²) in [5.41, 5.74) is 2.57. The van der Waals surface area contributed by atoms with Crippen LogP contribution in [0.25, 0.3) is 33.9 Å². The van der Waals surface area contributed by atoms with Crippen LogP contribution in [0.4, 0.5) is 24.7 Å². The number of halogens is 3. The molecule has 53 heavy (non-hydrogen) atoms. The number of nitrogens with zero attached hydrogens (tertiary/aromatic N) is 8. The fourth-order valence-electron chi connectivity index (χ4n) is 8.02. The van der Waals surface area contributed by atoms with Crippen molar-refractivity contribution in [1.29, 1.82) is 0 Å². The number of rotatable bonds is 12. The van der Waals surface area contributed by atoms with Crippen LogP contribution in [0.2, 0.25) is 0 Å². The van der Waals surface area contributed by atoms with Gasteiger partial charge in [-0.3, -0.25) is 9.69 Å². The number of ether oxygens (including phenoxy) is 2. The van der Waals surface area contributed by atoms with Crippen LogP contribution in [0, 0.1) is 5.41 Å². The first-order valence-electron chi connectivity index (χ1n) is 18.6. The van der Waals surface area contributed by atoms with Crippen molar-refractivity contribution in [2.45, 2.75) is 76.9 Å². The number of aromatic nitrogens is 6. The number of methoxy groups -OCH3 is 1. The molecule has 7 rings (SSSR count). The van der Waals surface area contributed by atoms with E-state index in [4.69, 9.17) is 29.4 Å². The Balaban J connectivity index is 1.22. The summed E-state index contributed by atoms with van der Waals surface area (Å²) < 4.78 is 53.1. The Morgan fingerprint density at radius 1 is 1.04 bits per heavy atom. The van der Waals surface area contributed by atoms with Crippen LogP contribution in [0.3, 0.4) is 0 Å². The number of H-pyrrole nitrogens is 1. The molecule has 5 heterocycles. The Labute approximate surface area is 307 Å². The van der Waals surface area contributed by atoms with Crippen molar-refractivity contribution >= 4 is 28.6 Å². The number of nitrogens with one attached hydrogen (secondary N) is 1. The predicted molar refractivity (Wildman–Crippen MR) is 196 cm³/mol. The van der Waals surface area contributed by atoms with Crippen molar-refractivity contribution in [3.63, 3.8) is 0 Å². The van der Waals surface area contributed by atoms with Crippen LogP contribution < -0.4 is 9.80 Å². The van der Waals surface area contributed by atoms with E-state index in [-0.39, 0.29) is 29.9 Å². The van der Waals surface area contributed by atoms with E-state index in [1.165, 1.54) is 6.42 Å². The van der Waals surface area contributed by atoms with Crippen LogP contribution in [-0.2, 0) is 20.4 Å². The highest BCUT2D eigenvalue weighted by Gasteiger charge is 2.37. The highest BCUT2D eigenvalue weighted by atomic mass is 19.4. The molecule has 3 aliphatic rings. The Bertz CT molecular complexity index is 1900. The number of imidazole rings is 1. The minimum absolute atomic E-state index is 0.0251. The summed E-state index contributed by atoms with van der Waals surface area (Å²) >= 11 is 0. The predicted octanol–water partition coefficient (Wildman–Crippen LogP) is 6.48. The fraction of sp³-hybridized carbons (Fsp3) is 0.579. The lowest BCUT2D eigenvalue weighted by Gasteiger charge is -2.40. The second-order valence-corrected chi connectivity index (χ2v) is 14.9. The zero-order chi connectivity index (χ0) is 37.3. The highest BCUT2D eigenvalue weighted by molar-refractivity contribution is 5.91. The molecule has 4 aromatic heterocycles. The zero-order valence-electron chi connectivity index (χ0n) is 30.9. The molecule has 0 spiro atoms. The molecule has 1 aliphatic heterocycles. The first-order chi connectivity index (χ1) is 25.4. The zero-order valence-corrected chi connectivity index (χ0v) is 30.9. The summed E-state index contributed by atoms with van der Waals surface area (Å²) in [5.74, 6) is 0.975. The van der Waals surface area contributed by atoms with E-state index in [9.17, 15) is 18.0 Å². The maximum atomic E-state index is 14.1. The Morgan fingerprint density at radius 3 is 2.49 bits per heavy atom. The Kier molecular flexibility index (Phi) is 10.6. The number of carbonyl (C=O) groups is 1. The average Bonchev–Trinajstić information content (AvgIpc) is 3.90. The molecule has 1 saturated heterocycles. The number of fused-ring (bicyclic) bond motifs is 1. The van der Waals surface area contributed by atoms with Crippen molar-refractivity contribution in [3.05, 3.63) is 42.0 Å². The van der Waals surface area contributed by atoms with Gasteiger partial charge in [0.2, 0.25) is 0 Å². The highest BCUT2D eigenvalue weighted by Crippen LogP contribution is 2.43. The molecule has 1 atom stereocenters. The number of alkyl halides is 3. The lowest BCUT2D eigenvalue weighted by Crippen LogP contribution is -2.53. The topological polar surface area (TPSA) is 125 Å². The van der Waals surface area contributed by atoms with Gasteiger partial charge < -0.3 is 24.3 Å². The number of hydrogen-bond acceptors (Lipinski definition) is 11. The summed E-state index contributed by atoms with van der Waals surface area (Å²) in [5, 5.41) is 0. The maximum absolute atomic E-state index is 14.1. The second-order valence-electron chi connectivity index (χ2n) is 14.9. The van der Waals surface area contributed by atoms with Crippen LogP contribution in [0.15, 0.2) is 30.6 Å². The minimum atomic E-state index is -4.59. The van der Waals surface area contributed by atoms with Gasteiger partial charge in [0.25, 0.3) is 0 Å². The van der Waals surface area contributed by atoms with Gasteiger partial charge in [-0.1, -0.05) is 19.3 Å². The molecule has 4 aromatic rings. The molecule has 2 saturated carbocycles. The fourth-order valence-corrected chi connectivity index (χ4v) is 8.02. The molecule has 0 radical (unpaired) electrons. The van der Waals surface area contributed by atoms with Crippen molar-refractivity contribution in [2.24, 2.45) is 5.41 Å². The van der Waals surface area contributed by atoms with Gasteiger partial charge >= 0.3 is 12.1 Å². The quantitative estimate of drug-likeness (QED) is 0.161. The number of esters is 1. The minimum Gasteiger partial charge on any atom is -0.465 e. The third kappa shape index (κ3) is 8.25. The third-order valence-corrected chi connectivity index (χ3v) is 10.8. The number of hydrogen-bond donors (Lipinski definition) is 1. The third-order valence-electron chi connectivity index (χ3n) is 10.8. The lowest BCUT2D eigenvalue weighted by atomic mass is 9.74. The molecule has 12 nitrogen and oxygen atoms in total. The van der Waals surface area contributed by atoms with Gasteiger partial charge in [0.05, 0.1) is 43.5 Å². The van der Waals surface area contributed by atoms with Gasteiger partial charge in [-0.05, 0) is 57.7 Å². The lowest BCUT2D eigenvalue weighted by molar-refractivity contribution is -0.144. The van der Waals surface area contributed by atoms with E-state index in [2.05, 4.69) is 31.6 Å². The second kappa shape index (κ2) is 15.2. The molecular formula is C38H48F3N9O3. The average molecular weight is 736 g/mol.